The molecule has 3 heterocycles. The fourth-order valence-corrected chi connectivity index (χ4v) is 4.36. The van der Waals surface area contributed by atoms with E-state index in [1.54, 1.807) is 6.20 Å². The summed E-state index contributed by atoms with van der Waals surface area (Å²) in [6.45, 7) is 4.39. The topological polar surface area (TPSA) is 74.8 Å². The lowest BCUT2D eigenvalue weighted by atomic mass is 9.91. The van der Waals surface area contributed by atoms with Gasteiger partial charge in [-0.25, -0.2) is 0 Å². The Bertz CT molecular complexity index is 681. The Morgan fingerprint density at radius 2 is 1.90 bits per heavy atom. The SMILES string of the molecule is O=C(CCC1CCN(C(=O)[C@H](c2cccnc2)N2CCOCC2)CC1)NC1CC1. The van der Waals surface area contributed by atoms with E-state index >= 15 is 0 Å². The van der Waals surface area contributed by atoms with E-state index in [4.69, 9.17) is 4.74 Å². The first kappa shape index (κ1) is 20.3. The van der Waals surface area contributed by atoms with E-state index in [9.17, 15) is 9.59 Å². The van der Waals surface area contributed by atoms with Crippen molar-refractivity contribution in [2.45, 2.75) is 50.6 Å². The summed E-state index contributed by atoms with van der Waals surface area (Å²) in [6, 6.07) is 4.05. The van der Waals surface area contributed by atoms with Gasteiger partial charge in [-0.3, -0.25) is 19.5 Å². The van der Waals surface area contributed by atoms with Crippen molar-refractivity contribution in [3.63, 3.8) is 0 Å². The van der Waals surface area contributed by atoms with Crippen molar-refractivity contribution in [3.8, 4) is 0 Å². The number of likely N-dealkylation sites (tertiary alicyclic amines) is 1. The number of rotatable bonds is 7. The van der Waals surface area contributed by atoms with E-state index in [-0.39, 0.29) is 17.9 Å². The van der Waals surface area contributed by atoms with Crippen LogP contribution in [-0.4, -0.2) is 72.0 Å². The molecule has 0 bridgehead atoms. The Hall–Kier alpha value is -1.99. The lowest BCUT2D eigenvalue weighted by Crippen LogP contribution is -2.49. The van der Waals surface area contributed by atoms with Gasteiger partial charge in [-0.2, -0.15) is 0 Å². The van der Waals surface area contributed by atoms with E-state index < -0.39 is 0 Å². The molecular weight excluding hydrogens is 368 g/mol. The molecule has 1 atom stereocenters. The number of piperidine rings is 1. The number of hydrogen-bond donors (Lipinski definition) is 1. The van der Waals surface area contributed by atoms with E-state index in [0.717, 1.165) is 63.8 Å². The van der Waals surface area contributed by atoms with Crippen LogP contribution < -0.4 is 5.32 Å². The van der Waals surface area contributed by atoms with Crippen LogP contribution in [0.3, 0.4) is 0 Å². The van der Waals surface area contributed by atoms with Crippen molar-refractivity contribution in [2.75, 3.05) is 39.4 Å². The lowest BCUT2D eigenvalue weighted by molar-refractivity contribution is -0.140. The molecule has 1 aromatic heterocycles. The monoisotopic (exact) mass is 400 g/mol. The van der Waals surface area contributed by atoms with Gasteiger partial charge in [0.15, 0.2) is 0 Å². The number of pyridine rings is 1. The summed E-state index contributed by atoms with van der Waals surface area (Å²) >= 11 is 0. The molecule has 2 aliphatic heterocycles. The molecule has 7 heteroatoms. The van der Waals surface area contributed by atoms with Crippen molar-refractivity contribution < 1.29 is 14.3 Å². The number of carbonyl (C=O) groups excluding carboxylic acids is 2. The van der Waals surface area contributed by atoms with Crippen LogP contribution in [0.15, 0.2) is 24.5 Å². The van der Waals surface area contributed by atoms with Crippen LogP contribution in [0, 0.1) is 5.92 Å². The smallest absolute Gasteiger partial charge is 0.244 e. The van der Waals surface area contributed by atoms with E-state index in [1.165, 1.54) is 0 Å². The molecule has 2 amide bonds. The highest BCUT2D eigenvalue weighted by Gasteiger charge is 2.34. The molecular formula is C22H32N4O3. The summed E-state index contributed by atoms with van der Waals surface area (Å²) in [5.41, 5.74) is 0.957. The van der Waals surface area contributed by atoms with Gasteiger partial charge in [-0.1, -0.05) is 6.07 Å². The number of aromatic nitrogens is 1. The minimum atomic E-state index is -0.284. The van der Waals surface area contributed by atoms with Crippen LogP contribution in [0.4, 0.5) is 0 Å². The van der Waals surface area contributed by atoms with Crippen molar-refractivity contribution in [2.24, 2.45) is 5.92 Å². The molecule has 3 aliphatic rings. The second kappa shape index (κ2) is 9.67. The maximum absolute atomic E-state index is 13.5. The number of amides is 2. The van der Waals surface area contributed by atoms with Gasteiger partial charge in [-0.05, 0) is 49.7 Å². The van der Waals surface area contributed by atoms with Gasteiger partial charge in [0.25, 0.3) is 0 Å². The second-order valence-corrected chi connectivity index (χ2v) is 8.49. The lowest BCUT2D eigenvalue weighted by Gasteiger charge is -2.39. The summed E-state index contributed by atoms with van der Waals surface area (Å²) in [7, 11) is 0. The summed E-state index contributed by atoms with van der Waals surface area (Å²) in [5.74, 6) is 0.893. The maximum atomic E-state index is 13.5. The van der Waals surface area contributed by atoms with Crippen molar-refractivity contribution in [1.29, 1.82) is 0 Å². The molecule has 1 N–H and O–H groups in total. The van der Waals surface area contributed by atoms with Gasteiger partial charge in [-0.15, -0.1) is 0 Å². The van der Waals surface area contributed by atoms with Crippen LogP contribution in [-0.2, 0) is 14.3 Å². The van der Waals surface area contributed by atoms with Crippen molar-refractivity contribution in [3.05, 3.63) is 30.1 Å². The minimum Gasteiger partial charge on any atom is -0.379 e. The number of nitrogens with zero attached hydrogens (tertiary/aromatic N) is 3. The molecule has 0 aromatic carbocycles. The highest BCUT2D eigenvalue weighted by molar-refractivity contribution is 5.83. The minimum absolute atomic E-state index is 0.171. The average molecular weight is 401 g/mol. The Balaban J connectivity index is 1.31. The highest BCUT2D eigenvalue weighted by atomic mass is 16.5. The molecule has 158 valence electrons. The summed E-state index contributed by atoms with van der Waals surface area (Å²) in [6.07, 6.45) is 9.31. The first-order chi connectivity index (χ1) is 14.2. The third-order valence-electron chi connectivity index (χ3n) is 6.29. The Morgan fingerprint density at radius 1 is 1.14 bits per heavy atom. The molecule has 0 spiro atoms. The number of nitrogens with one attached hydrogen (secondary N) is 1. The fraction of sp³-hybridized carbons (Fsp3) is 0.682. The third-order valence-corrected chi connectivity index (χ3v) is 6.29. The first-order valence-corrected chi connectivity index (χ1v) is 11.0. The van der Waals surface area contributed by atoms with Gasteiger partial charge in [0.05, 0.1) is 13.2 Å². The predicted molar refractivity (Wildman–Crippen MR) is 109 cm³/mol. The Labute approximate surface area is 172 Å². The van der Waals surface area contributed by atoms with Gasteiger partial charge in [0.2, 0.25) is 11.8 Å². The fourth-order valence-electron chi connectivity index (χ4n) is 4.36. The number of hydrogen-bond acceptors (Lipinski definition) is 5. The van der Waals surface area contributed by atoms with Crippen LogP contribution in [0.2, 0.25) is 0 Å². The van der Waals surface area contributed by atoms with Gasteiger partial charge in [0.1, 0.15) is 6.04 Å². The normalized spacial score (nSPS) is 22.3. The van der Waals surface area contributed by atoms with Gasteiger partial charge >= 0.3 is 0 Å². The van der Waals surface area contributed by atoms with Crippen LogP contribution >= 0.6 is 0 Å². The molecule has 3 fully saturated rings. The number of morpholine rings is 1. The van der Waals surface area contributed by atoms with Crippen LogP contribution in [0.5, 0.6) is 0 Å². The molecule has 1 saturated carbocycles. The Morgan fingerprint density at radius 3 is 2.55 bits per heavy atom. The summed E-state index contributed by atoms with van der Waals surface area (Å²) < 4.78 is 5.48. The standard InChI is InChI=1S/C22H32N4O3/c27-20(24-19-4-5-19)6-3-17-7-10-26(11-8-17)22(28)21(18-2-1-9-23-16-18)25-12-14-29-15-13-25/h1-2,9,16-17,19,21H,3-8,10-15H2,(H,24,27)/t21-/m0/s1. The van der Waals surface area contributed by atoms with E-state index in [2.05, 4.69) is 15.2 Å². The predicted octanol–water partition coefficient (Wildman–Crippen LogP) is 1.75. The largest absolute Gasteiger partial charge is 0.379 e. The van der Waals surface area contributed by atoms with Gasteiger partial charge < -0.3 is 15.0 Å². The van der Waals surface area contributed by atoms with Crippen molar-refractivity contribution in [1.82, 2.24) is 20.1 Å². The van der Waals surface area contributed by atoms with E-state index in [0.29, 0.717) is 31.6 Å². The zero-order valence-corrected chi connectivity index (χ0v) is 17.1. The molecule has 1 aromatic rings. The number of ether oxygens (including phenoxy) is 1. The molecule has 4 rings (SSSR count). The zero-order valence-electron chi connectivity index (χ0n) is 17.1. The number of carbonyl (C=O) groups is 2. The Kier molecular flexibility index (Phi) is 6.77. The third kappa shape index (κ3) is 5.54. The van der Waals surface area contributed by atoms with Crippen LogP contribution in [0.1, 0.15) is 50.1 Å². The van der Waals surface area contributed by atoms with Crippen molar-refractivity contribution >= 4 is 11.8 Å². The molecule has 0 unspecified atom stereocenters. The molecule has 1 aliphatic carbocycles. The van der Waals surface area contributed by atoms with Gasteiger partial charge in [0, 0.05) is 51.0 Å². The molecule has 2 saturated heterocycles. The molecule has 29 heavy (non-hydrogen) atoms. The quantitative estimate of drug-likeness (QED) is 0.755. The second-order valence-electron chi connectivity index (χ2n) is 8.49. The average Bonchev–Trinajstić information content (AvgIpc) is 3.58. The molecule has 0 radical (unpaired) electrons. The van der Waals surface area contributed by atoms with E-state index in [1.807, 2.05) is 23.2 Å². The first-order valence-electron chi connectivity index (χ1n) is 11.0. The highest BCUT2D eigenvalue weighted by Crippen LogP contribution is 2.28. The summed E-state index contributed by atoms with van der Waals surface area (Å²) in [5, 5.41) is 3.06. The zero-order chi connectivity index (χ0) is 20.1. The summed E-state index contributed by atoms with van der Waals surface area (Å²) in [4.78, 5) is 33.8. The van der Waals surface area contributed by atoms with Crippen LogP contribution in [0.25, 0.3) is 0 Å². The maximum Gasteiger partial charge on any atom is 0.244 e. The molecule has 7 nitrogen and oxygen atoms in total.